The molecule has 4 nitrogen and oxygen atoms in total. The number of hydrogen-bond donors (Lipinski definition) is 2. The van der Waals surface area contributed by atoms with Gasteiger partial charge in [0.25, 0.3) is 5.91 Å². The average molecular weight is 304 g/mol. The summed E-state index contributed by atoms with van der Waals surface area (Å²) < 4.78 is 0. The highest BCUT2D eigenvalue weighted by Crippen LogP contribution is 2.20. The van der Waals surface area contributed by atoms with E-state index in [4.69, 9.17) is 11.6 Å². The molecule has 0 spiro atoms. The topological polar surface area (TPSA) is 54.0 Å². The minimum absolute atomic E-state index is 0.168. The molecule has 21 heavy (non-hydrogen) atoms. The van der Waals surface area contributed by atoms with Crippen molar-refractivity contribution in [2.45, 2.75) is 13.8 Å². The van der Waals surface area contributed by atoms with Crippen LogP contribution in [0.4, 0.5) is 11.4 Å². The highest BCUT2D eigenvalue weighted by Gasteiger charge is 2.08. The molecule has 5 heteroatoms. The summed E-state index contributed by atoms with van der Waals surface area (Å²) in [4.78, 5) is 16.1. The SMILES string of the molecule is CC(C)CNC(=O)c1cc(Nc2cccc(Cl)c2)ccn1. The molecule has 0 aliphatic heterocycles. The molecule has 1 aromatic carbocycles. The third kappa shape index (κ3) is 4.76. The number of amides is 1. The number of halogens is 1. The van der Waals surface area contributed by atoms with E-state index in [0.717, 1.165) is 11.4 Å². The first-order chi connectivity index (χ1) is 10.0. The summed E-state index contributed by atoms with van der Waals surface area (Å²) in [6.07, 6.45) is 1.61. The fraction of sp³-hybridized carbons (Fsp3) is 0.250. The van der Waals surface area contributed by atoms with Gasteiger partial charge in [0.15, 0.2) is 0 Å². The fourth-order valence-corrected chi connectivity index (χ4v) is 1.94. The van der Waals surface area contributed by atoms with Crippen LogP contribution in [0, 0.1) is 5.92 Å². The van der Waals surface area contributed by atoms with Gasteiger partial charge in [0.1, 0.15) is 5.69 Å². The first-order valence-electron chi connectivity index (χ1n) is 6.81. The van der Waals surface area contributed by atoms with Crippen molar-refractivity contribution in [3.05, 3.63) is 53.3 Å². The van der Waals surface area contributed by atoms with Crippen LogP contribution in [-0.4, -0.2) is 17.4 Å². The summed E-state index contributed by atoms with van der Waals surface area (Å²) in [6, 6.07) is 10.9. The van der Waals surface area contributed by atoms with E-state index in [1.807, 2.05) is 38.1 Å². The molecule has 0 bridgehead atoms. The quantitative estimate of drug-likeness (QED) is 0.881. The van der Waals surface area contributed by atoms with Gasteiger partial charge in [-0.1, -0.05) is 31.5 Å². The van der Waals surface area contributed by atoms with E-state index < -0.39 is 0 Å². The Balaban J connectivity index is 2.08. The molecule has 2 aromatic rings. The van der Waals surface area contributed by atoms with Crippen LogP contribution in [-0.2, 0) is 0 Å². The standard InChI is InChI=1S/C16H18ClN3O/c1-11(2)10-19-16(21)15-9-14(6-7-18-15)20-13-5-3-4-12(17)8-13/h3-9,11H,10H2,1-2H3,(H,18,20)(H,19,21). The van der Waals surface area contributed by atoms with Crippen molar-refractivity contribution < 1.29 is 4.79 Å². The number of nitrogens with zero attached hydrogens (tertiary/aromatic N) is 1. The van der Waals surface area contributed by atoms with Gasteiger partial charge in [-0.15, -0.1) is 0 Å². The lowest BCUT2D eigenvalue weighted by molar-refractivity contribution is 0.0944. The van der Waals surface area contributed by atoms with Crippen molar-refractivity contribution in [3.8, 4) is 0 Å². The average Bonchev–Trinajstić information content (AvgIpc) is 2.45. The van der Waals surface area contributed by atoms with Gasteiger partial charge in [-0.3, -0.25) is 9.78 Å². The molecule has 0 fully saturated rings. The molecule has 0 aliphatic carbocycles. The van der Waals surface area contributed by atoms with E-state index in [1.165, 1.54) is 0 Å². The van der Waals surface area contributed by atoms with Crippen LogP contribution in [0.5, 0.6) is 0 Å². The summed E-state index contributed by atoms with van der Waals surface area (Å²) in [6.45, 7) is 4.72. The Labute approximate surface area is 129 Å². The minimum atomic E-state index is -0.168. The predicted molar refractivity (Wildman–Crippen MR) is 86.1 cm³/mol. The van der Waals surface area contributed by atoms with Crippen molar-refractivity contribution in [1.82, 2.24) is 10.3 Å². The van der Waals surface area contributed by atoms with Crippen LogP contribution in [0.2, 0.25) is 5.02 Å². The monoisotopic (exact) mass is 303 g/mol. The molecular formula is C16H18ClN3O. The zero-order valence-corrected chi connectivity index (χ0v) is 12.8. The molecule has 0 radical (unpaired) electrons. The number of benzene rings is 1. The first-order valence-corrected chi connectivity index (χ1v) is 7.19. The molecule has 0 atom stereocenters. The molecular weight excluding hydrogens is 286 g/mol. The lowest BCUT2D eigenvalue weighted by Gasteiger charge is -2.09. The van der Waals surface area contributed by atoms with Crippen LogP contribution in [0.25, 0.3) is 0 Å². The van der Waals surface area contributed by atoms with Gasteiger partial charge in [-0.2, -0.15) is 0 Å². The second kappa shape index (κ2) is 7.09. The Bertz CT molecular complexity index is 628. The van der Waals surface area contributed by atoms with Crippen molar-refractivity contribution in [2.75, 3.05) is 11.9 Å². The number of carbonyl (C=O) groups is 1. The summed E-state index contributed by atoms with van der Waals surface area (Å²) in [5.74, 6) is 0.236. The largest absolute Gasteiger partial charge is 0.355 e. The highest BCUT2D eigenvalue weighted by molar-refractivity contribution is 6.30. The smallest absolute Gasteiger partial charge is 0.269 e. The van der Waals surface area contributed by atoms with Crippen LogP contribution in [0.15, 0.2) is 42.6 Å². The second-order valence-electron chi connectivity index (χ2n) is 5.17. The number of carbonyl (C=O) groups excluding carboxylic acids is 1. The molecule has 2 N–H and O–H groups in total. The van der Waals surface area contributed by atoms with Gasteiger partial charge in [-0.25, -0.2) is 0 Å². The van der Waals surface area contributed by atoms with Gasteiger partial charge < -0.3 is 10.6 Å². The molecule has 2 rings (SSSR count). The Kier molecular flexibility index (Phi) is 5.17. The van der Waals surface area contributed by atoms with Gasteiger partial charge in [0, 0.05) is 29.1 Å². The molecule has 0 aliphatic rings. The number of rotatable bonds is 5. The lowest BCUT2D eigenvalue weighted by Crippen LogP contribution is -2.28. The van der Waals surface area contributed by atoms with E-state index in [9.17, 15) is 4.79 Å². The van der Waals surface area contributed by atoms with Gasteiger partial charge in [-0.05, 0) is 36.2 Å². The third-order valence-electron chi connectivity index (χ3n) is 2.78. The van der Waals surface area contributed by atoms with Crippen molar-refractivity contribution >= 4 is 28.9 Å². The van der Waals surface area contributed by atoms with Crippen LogP contribution >= 0.6 is 11.6 Å². The Morgan fingerprint density at radius 1 is 1.24 bits per heavy atom. The normalized spacial score (nSPS) is 10.5. The summed E-state index contributed by atoms with van der Waals surface area (Å²) in [5, 5.41) is 6.71. The highest BCUT2D eigenvalue weighted by atomic mass is 35.5. The summed E-state index contributed by atoms with van der Waals surface area (Å²) >= 11 is 5.95. The van der Waals surface area contributed by atoms with Gasteiger partial charge in [0.2, 0.25) is 0 Å². The van der Waals surface area contributed by atoms with Crippen molar-refractivity contribution in [1.29, 1.82) is 0 Å². The molecule has 1 aromatic heterocycles. The number of pyridine rings is 1. The molecule has 0 saturated carbocycles. The van der Waals surface area contributed by atoms with E-state index >= 15 is 0 Å². The molecule has 0 unspecified atom stereocenters. The summed E-state index contributed by atoms with van der Waals surface area (Å²) in [5.41, 5.74) is 2.05. The maximum Gasteiger partial charge on any atom is 0.269 e. The van der Waals surface area contributed by atoms with Gasteiger partial charge >= 0.3 is 0 Å². The maximum absolute atomic E-state index is 12.0. The Morgan fingerprint density at radius 3 is 2.71 bits per heavy atom. The fourth-order valence-electron chi connectivity index (χ4n) is 1.75. The zero-order chi connectivity index (χ0) is 15.2. The number of anilines is 2. The third-order valence-corrected chi connectivity index (χ3v) is 3.01. The molecule has 1 heterocycles. The van der Waals surface area contributed by atoms with E-state index in [0.29, 0.717) is 23.2 Å². The first kappa shape index (κ1) is 15.3. The van der Waals surface area contributed by atoms with E-state index in [1.54, 1.807) is 18.3 Å². The van der Waals surface area contributed by atoms with Crippen LogP contribution in [0.1, 0.15) is 24.3 Å². The Hall–Kier alpha value is -2.07. The van der Waals surface area contributed by atoms with Gasteiger partial charge in [0.05, 0.1) is 0 Å². The summed E-state index contributed by atoms with van der Waals surface area (Å²) in [7, 11) is 0. The Morgan fingerprint density at radius 2 is 2.00 bits per heavy atom. The number of aromatic nitrogens is 1. The van der Waals surface area contributed by atoms with Crippen molar-refractivity contribution in [3.63, 3.8) is 0 Å². The molecule has 1 amide bonds. The number of nitrogens with one attached hydrogen (secondary N) is 2. The lowest BCUT2D eigenvalue weighted by atomic mass is 10.2. The van der Waals surface area contributed by atoms with E-state index in [-0.39, 0.29) is 5.91 Å². The molecule has 110 valence electrons. The minimum Gasteiger partial charge on any atom is -0.355 e. The van der Waals surface area contributed by atoms with Crippen LogP contribution < -0.4 is 10.6 Å². The zero-order valence-electron chi connectivity index (χ0n) is 12.1. The van der Waals surface area contributed by atoms with Crippen molar-refractivity contribution in [2.24, 2.45) is 5.92 Å². The van der Waals surface area contributed by atoms with Crippen LogP contribution in [0.3, 0.4) is 0 Å². The number of hydrogen-bond acceptors (Lipinski definition) is 3. The second-order valence-corrected chi connectivity index (χ2v) is 5.61. The van der Waals surface area contributed by atoms with E-state index in [2.05, 4.69) is 15.6 Å². The predicted octanol–water partition coefficient (Wildman–Crippen LogP) is 3.86. The molecule has 0 saturated heterocycles. The maximum atomic E-state index is 12.0.